The topological polar surface area (TPSA) is 93.4 Å². The van der Waals surface area contributed by atoms with Gasteiger partial charge >= 0.3 is 0 Å². The number of carbonyl (C=O) groups excluding carboxylic acids is 1. The number of benzene rings is 2. The third kappa shape index (κ3) is 4.49. The van der Waals surface area contributed by atoms with E-state index in [1.54, 1.807) is 65.5 Å². The first-order valence-corrected chi connectivity index (χ1v) is 11.7. The molecule has 0 radical (unpaired) electrons. The lowest BCUT2D eigenvalue weighted by atomic mass is 10.1. The van der Waals surface area contributed by atoms with E-state index in [1.165, 1.54) is 0 Å². The molecule has 8 heteroatoms. The normalized spacial score (nSPS) is 11.5. The molecule has 1 N–H and O–H groups in total. The molecule has 0 spiro atoms. The van der Waals surface area contributed by atoms with Crippen LogP contribution in [0.1, 0.15) is 35.8 Å². The third-order valence-electron chi connectivity index (χ3n) is 4.88. The highest BCUT2D eigenvalue weighted by atomic mass is 32.2. The third-order valence-corrected chi connectivity index (χ3v) is 6.25. The lowest BCUT2D eigenvalue weighted by Crippen LogP contribution is -2.16. The summed E-state index contributed by atoms with van der Waals surface area (Å²) in [5.41, 5.74) is 3.27. The lowest BCUT2D eigenvalue weighted by molar-refractivity contribution is 0.103. The highest BCUT2D eigenvalue weighted by molar-refractivity contribution is 7.92. The summed E-state index contributed by atoms with van der Waals surface area (Å²) in [6.45, 7) is 1.95. The number of nitrogens with zero attached hydrogens (tertiary/aromatic N) is 3. The van der Waals surface area contributed by atoms with E-state index >= 15 is 0 Å². The smallest absolute Gasteiger partial charge is 0.232 e. The Morgan fingerprint density at radius 1 is 1.03 bits per heavy atom. The van der Waals surface area contributed by atoms with Crippen LogP contribution >= 0.6 is 0 Å². The van der Waals surface area contributed by atoms with Gasteiger partial charge in [-0.25, -0.2) is 18.4 Å². The first-order valence-electron chi connectivity index (χ1n) is 10.0. The van der Waals surface area contributed by atoms with Gasteiger partial charge in [0.15, 0.2) is 11.3 Å². The summed E-state index contributed by atoms with van der Waals surface area (Å²) in [5.74, 6) is -0.120. The zero-order valence-corrected chi connectivity index (χ0v) is 17.8. The highest BCUT2D eigenvalue weighted by Gasteiger charge is 2.18. The number of aromatic nitrogens is 3. The van der Waals surface area contributed by atoms with E-state index in [2.05, 4.69) is 14.7 Å². The van der Waals surface area contributed by atoms with Crippen LogP contribution in [0, 0.1) is 0 Å². The maximum Gasteiger partial charge on any atom is 0.232 e. The van der Waals surface area contributed by atoms with Gasteiger partial charge in [0.05, 0.1) is 11.4 Å². The predicted molar refractivity (Wildman–Crippen MR) is 121 cm³/mol. The van der Waals surface area contributed by atoms with E-state index in [0.717, 1.165) is 17.7 Å². The van der Waals surface area contributed by atoms with E-state index in [1.807, 2.05) is 19.1 Å². The van der Waals surface area contributed by atoms with Crippen molar-refractivity contribution in [1.82, 2.24) is 14.4 Å². The molecule has 2 heterocycles. The van der Waals surface area contributed by atoms with Gasteiger partial charge in [0.25, 0.3) is 0 Å². The second kappa shape index (κ2) is 8.69. The average Bonchev–Trinajstić information content (AvgIpc) is 3.22. The van der Waals surface area contributed by atoms with E-state index in [0.29, 0.717) is 23.3 Å². The molecule has 0 saturated carbocycles. The van der Waals surface area contributed by atoms with E-state index in [4.69, 9.17) is 0 Å². The van der Waals surface area contributed by atoms with Crippen molar-refractivity contribution in [2.45, 2.75) is 19.8 Å². The van der Waals surface area contributed by atoms with Crippen molar-refractivity contribution in [3.63, 3.8) is 0 Å². The Kier molecular flexibility index (Phi) is 5.81. The number of nitrogens with one attached hydrogen (secondary N) is 1. The summed E-state index contributed by atoms with van der Waals surface area (Å²) in [6.07, 6.45) is 4.59. The SMILES string of the molecule is CCCCS(=O)(=O)Nc1cccc(-c2ccnc3c(C(=O)c4ccccc4)ncn23)c1. The summed E-state index contributed by atoms with van der Waals surface area (Å²) in [6, 6.07) is 17.9. The second-order valence-corrected chi connectivity index (χ2v) is 9.01. The van der Waals surface area contributed by atoms with Gasteiger partial charge < -0.3 is 0 Å². The molecular formula is C23H22N4O3S. The number of carbonyl (C=O) groups is 1. The van der Waals surface area contributed by atoms with Gasteiger partial charge in [-0.3, -0.25) is 13.9 Å². The van der Waals surface area contributed by atoms with Crippen LogP contribution in [-0.2, 0) is 10.0 Å². The van der Waals surface area contributed by atoms with Crippen molar-refractivity contribution in [3.05, 3.63) is 84.4 Å². The number of hydrogen-bond donors (Lipinski definition) is 1. The van der Waals surface area contributed by atoms with Gasteiger partial charge in [0, 0.05) is 23.0 Å². The Morgan fingerprint density at radius 2 is 1.84 bits per heavy atom. The molecule has 0 saturated heterocycles. The molecular weight excluding hydrogens is 412 g/mol. The summed E-state index contributed by atoms with van der Waals surface area (Å²) in [4.78, 5) is 21.5. The molecule has 0 amide bonds. The Balaban J connectivity index is 1.70. The minimum Gasteiger partial charge on any atom is -0.287 e. The molecule has 0 aliphatic carbocycles. The first kappa shape index (κ1) is 20.7. The van der Waals surface area contributed by atoms with Crippen molar-refractivity contribution in [3.8, 4) is 11.3 Å². The average molecular weight is 435 g/mol. The number of fused-ring (bicyclic) bond motifs is 1. The summed E-state index contributed by atoms with van der Waals surface area (Å²) >= 11 is 0. The molecule has 4 aromatic rings. The van der Waals surface area contributed by atoms with Crippen molar-refractivity contribution in [2.75, 3.05) is 10.5 Å². The first-order chi connectivity index (χ1) is 15.0. The van der Waals surface area contributed by atoms with Gasteiger partial charge in [-0.15, -0.1) is 0 Å². The molecule has 4 rings (SSSR count). The summed E-state index contributed by atoms with van der Waals surface area (Å²) < 4.78 is 28.9. The monoisotopic (exact) mass is 434 g/mol. The van der Waals surface area contributed by atoms with Gasteiger partial charge in [-0.05, 0) is 24.6 Å². The molecule has 0 atom stereocenters. The van der Waals surface area contributed by atoms with Crippen LogP contribution in [0.2, 0.25) is 0 Å². The number of unbranched alkanes of at least 4 members (excludes halogenated alkanes) is 1. The van der Waals surface area contributed by atoms with Crippen LogP contribution in [0.3, 0.4) is 0 Å². The summed E-state index contributed by atoms with van der Waals surface area (Å²) in [5, 5.41) is 0. The number of hydrogen-bond acceptors (Lipinski definition) is 5. The summed E-state index contributed by atoms with van der Waals surface area (Å²) in [7, 11) is -3.40. The molecule has 0 aliphatic rings. The fourth-order valence-corrected chi connectivity index (χ4v) is 4.59. The quantitative estimate of drug-likeness (QED) is 0.420. The van der Waals surface area contributed by atoms with Crippen LogP contribution in [0.5, 0.6) is 0 Å². The van der Waals surface area contributed by atoms with Gasteiger partial charge in [-0.2, -0.15) is 0 Å². The van der Waals surface area contributed by atoms with E-state index in [-0.39, 0.29) is 17.2 Å². The molecule has 0 unspecified atom stereocenters. The predicted octanol–water partition coefficient (Wildman–Crippen LogP) is 4.17. The minimum atomic E-state index is -3.40. The number of sulfonamides is 1. The largest absolute Gasteiger partial charge is 0.287 e. The standard InChI is InChI=1S/C23H22N4O3S/c1-2-3-14-31(29,30)26-19-11-7-10-18(15-19)20-12-13-24-23-21(25-16-27(20)23)22(28)17-8-5-4-6-9-17/h4-13,15-16,26H,2-3,14H2,1H3. The van der Waals surface area contributed by atoms with Crippen LogP contribution in [-0.4, -0.2) is 34.3 Å². The van der Waals surface area contributed by atoms with Gasteiger partial charge in [0.2, 0.25) is 15.8 Å². The van der Waals surface area contributed by atoms with Crippen molar-refractivity contribution >= 4 is 27.1 Å². The van der Waals surface area contributed by atoms with Crippen molar-refractivity contribution in [2.24, 2.45) is 0 Å². The molecule has 2 aromatic carbocycles. The number of ketones is 1. The van der Waals surface area contributed by atoms with Crippen LogP contribution in [0.15, 0.2) is 73.2 Å². The Hall–Kier alpha value is -3.52. The maximum atomic E-state index is 12.9. The fraction of sp³-hybridized carbons (Fsp3) is 0.174. The molecule has 2 aromatic heterocycles. The van der Waals surface area contributed by atoms with Gasteiger partial charge in [-0.1, -0.05) is 55.8 Å². The molecule has 31 heavy (non-hydrogen) atoms. The van der Waals surface area contributed by atoms with E-state index < -0.39 is 10.0 Å². The van der Waals surface area contributed by atoms with Gasteiger partial charge in [0.1, 0.15) is 6.33 Å². The lowest BCUT2D eigenvalue weighted by Gasteiger charge is -2.10. The molecule has 0 aliphatic heterocycles. The maximum absolute atomic E-state index is 12.9. The Morgan fingerprint density at radius 3 is 2.61 bits per heavy atom. The van der Waals surface area contributed by atoms with Crippen LogP contribution in [0.4, 0.5) is 5.69 Å². The van der Waals surface area contributed by atoms with E-state index in [9.17, 15) is 13.2 Å². The van der Waals surface area contributed by atoms with Crippen molar-refractivity contribution in [1.29, 1.82) is 0 Å². The Bertz CT molecular complexity index is 1330. The molecule has 158 valence electrons. The zero-order valence-electron chi connectivity index (χ0n) is 17.0. The van der Waals surface area contributed by atoms with Crippen molar-refractivity contribution < 1.29 is 13.2 Å². The second-order valence-electron chi connectivity index (χ2n) is 7.17. The van der Waals surface area contributed by atoms with Crippen LogP contribution < -0.4 is 4.72 Å². The zero-order chi connectivity index (χ0) is 21.8. The molecule has 0 bridgehead atoms. The molecule has 0 fully saturated rings. The number of rotatable bonds is 8. The number of anilines is 1. The molecule has 7 nitrogen and oxygen atoms in total. The fourth-order valence-electron chi connectivity index (χ4n) is 3.33. The van der Waals surface area contributed by atoms with Crippen LogP contribution in [0.25, 0.3) is 16.9 Å². The Labute approximate surface area is 180 Å². The minimum absolute atomic E-state index is 0.0830. The number of imidazole rings is 1. The highest BCUT2D eigenvalue weighted by Crippen LogP contribution is 2.25.